The van der Waals surface area contributed by atoms with E-state index < -0.39 is 5.60 Å². The first-order valence-corrected chi connectivity index (χ1v) is 8.31. The van der Waals surface area contributed by atoms with Crippen LogP contribution in [0.1, 0.15) is 47.0 Å². The van der Waals surface area contributed by atoms with E-state index in [4.69, 9.17) is 4.74 Å². The summed E-state index contributed by atoms with van der Waals surface area (Å²) in [5.41, 5.74) is -0.419. The molecule has 1 aliphatic rings. The highest BCUT2D eigenvalue weighted by Crippen LogP contribution is 2.11. The molecule has 0 aromatic carbocycles. The first-order valence-electron chi connectivity index (χ1n) is 8.31. The summed E-state index contributed by atoms with van der Waals surface area (Å²) in [4.78, 5) is 13.8. The fourth-order valence-electron chi connectivity index (χ4n) is 2.49. The Balaban J connectivity index is 2.12. The molecule has 1 heterocycles. The summed E-state index contributed by atoms with van der Waals surface area (Å²) in [7, 11) is 0. The van der Waals surface area contributed by atoms with E-state index in [9.17, 15) is 4.79 Å². The van der Waals surface area contributed by atoms with Crippen LogP contribution in [0.25, 0.3) is 0 Å². The van der Waals surface area contributed by atoms with Crippen LogP contribution in [0, 0.1) is 5.92 Å². The van der Waals surface area contributed by atoms with Gasteiger partial charge in [0.2, 0.25) is 0 Å². The summed E-state index contributed by atoms with van der Waals surface area (Å²) >= 11 is 0. The molecule has 1 rings (SSSR count). The predicted octanol–water partition coefficient (Wildman–Crippen LogP) is 2.22. The fraction of sp³-hybridized carbons (Fsp3) is 0.938. The van der Waals surface area contributed by atoms with Crippen LogP contribution in [-0.2, 0) is 4.74 Å². The second kappa shape index (κ2) is 9.26. The molecule has 0 unspecified atom stereocenters. The quantitative estimate of drug-likeness (QED) is 0.708. The van der Waals surface area contributed by atoms with Crippen LogP contribution in [0.15, 0.2) is 0 Å². The average Bonchev–Trinajstić information content (AvgIpc) is 2.42. The largest absolute Gasteiger partial charge is 0.444 e. The van der Waals surface area contributed by atoms with Gasteiger partial charge in [0.05, 0.1) is 0 Å². The Kier molecular flexibility index (Phi) is 8.04. The van der Waals surface area contributed by atoms with E-state index in [0.29, 0.717) is 6.54 Å². The molecule has 5 heteroatoms. The van der Waals surface area contributed by atoms with E-state index in [2.05, 4.69) is 10.6 Å². The van der Waals surface area contributed by atoms with Crippen molar-refractivity contribution in [3.05, 3.63) is 0 Å². The van der Waals surface area contributed by atoms with Crippen molar-refractivity contribution in [3.8, 4) is 0 Å². The van der Waals surface area contributed by atoms with E-state index in [1.165, 1.54) is 12.8 Å². The van der Waals surface area contributed by atoms with Crippen LogP contribution < -0.4 is 10.6 Å². The molecule has 0 spiro atoms. The highest BCUT2D eigenvalue weighted by atomic mass is 16.6. The summed E-state index contributed by atoms with van der Waals surface area (Å²) in [6, 6.07) is 0. The highest BCUT2D eigenvalue weighted by Gasteiger charge is 2.20. The number of rotatable bonds is 7. The summed E-state index contributed by atoms with van der Waals surface area (Å²) < 4.78 is 5.40. The molecule has 5 nitrogen and oxygen atoms in total. The maximum absolute atomic E-state index is 12.0. The normalized spacial score (nSPS) is 16.8. The third kappa shape index (κ3) is 8.27. The Hall–Kier alpha value is -0.810. The maximum atomic E-state index is 12.0. The van der Waals surface area contributed by atoms with E-state index in [1.807, 2.05) is 27.7 Å². The topological polar surface area (TPSA) is 53.6 Å². The summed E-state index contributed by atoms with van der Waals surface area (Å²) in [6.07, 6.45) is 3.30. The molecule has 1 fully saturated rings. The fourth-order valence-corrected chi connectivity index (χ4v) is 2.49. The van der Waals surface area contributed by atoms with Crippen LogP contribution in [0.4, 0.5) is 4.79 Å². The molecular weight excluding hydrogens is 266 g/mol. The minimum absolute atomic E-state index is 0.205. The molecule has 0 radical (unpaired) electrons. The van der Waals surface area contributed by atoms with Gasteiger partial charge in [-0.2, -0.15) is 0 Å². The Morgan fingerprint density at radius 3 is 2.57 bits per heavy atom. The van der Waals surface area contributed by atoms with Gasteiger partial charge in [0.25, 0.3) is 0 Å². The Labute approximate surface area is 129 Å². The Morgan fingerprint density at radius 2 is 2.00 bits per heavy atom. The smallest absolute Gasteiger partial charge is 0.410 e. The van der Waals surface area contributed by atoms with Crippen molar-refractivity contribution in [2.75, 3.05) is 39.3 Å². The lowest BCUT2D eigenvalue weighted by Crippen LogP contribution is -2.38. The van der Waals surface area contributed by atoms with Crippen LogP contribution in [-0.4, -0.2) is 55.9 Å². The third-order valence-corrected chi connectivity index (χ3v) is 3.71. The molecule has 0 aliphatic carbocycles. The number of nitrogens with zero attached hydrogens (tertiary/aromatic N) is 1. The highest BCUT2D eigenvalue weighted by molar-refractivity contribution is 5.68. The van der Waals surface area contributed by atoms with Gasteiger partial charge >= 0.3 is 6.09 Å². The summed E-state index contributed by atoms with van der Waals surface area (Å²) in [5.74, 6) is 0.805. The molecule has 124 valence electrons. The zero-order valence-corrected chi connectivity index (χ0v) is 14.2. The van der Waals surface area contributed by atoms with Crippen LogP contribution in [0.2, 0.25) is 0 Å². The lowest BCUT2D eigenvalue weighted by molar-refractivity contribution is 0.0258. The number of ether oxygens (including phenoxy) is 1. The van der Waals surface area contributed by atoms with Crippen molar-refractivity contribution in [2.24, 2.45) is 5.92 Å². The van der Waals surface area contributed by atoms with Gasteiger partial charge in [0.15, 0.2) is 0 Å². The Morgan fingerprint density at radius 1 is 1.33 bits per heavy atom. The van der Waals surface area contributed by atoms with Crippen molar-refractivity contribution in [1.29, 1.82) is 0 Å². The molecule has 1 aliphatic heterocycles. The SMILES string of the molecule is CCN(CCCNCC1CCNCC1)C(=O)OC(C)(C)C. The lowest BCUT2D eigenvalue weighted by atomic mass is 9.98. The van der Waals surface area contributed by atoms with Crippen molar-refractivity contribution < 1.29 is 9.53 Å². The predicted molar refractivity (Wildman–Crippen MR) is 86.6 cm³/mol. The van der Waals surface area contributed by atoms with Crippen molar-refractivity contribution >= 4 is 6.09 Å². The molecule has 0 bridgehead atoms. The van der Waals surface area contributed by atoms with E-state index >= 15 is 0 Å². The molecular formula is C16H33N3O2. The number of hydrogen-bond acceptors (Lipinski definition) is 4. The molecule has 1 saturated heterocycles. The van der Waals surface area contributed by atoms with Crippen LogP contribution in [0.5, 0.6) is 0 Å². The molecule has 0 aromatic heterocycles. The summed E-state index contributed by atoms with van der Waals surface area (Å²) in [6.45, 7) is 13.5. The number of carbonyl (C=O) groups is 1. The molecule has 0 saturated carbocycles. The van der Waals surface area contributed by atoms with Gasteiger partial charge in [0, 0.05) is 13.1 Å². The zero-order valence-electron chi connectivity index (χ0n) is 14.2. The number of hydrogen-bond donors (Lipinski definition) is 2. The van der Waals surface area contributed by atoms with E-state index in [1.54, 1.807) is 4.90 Å². The number of carbonyl (C=O) groups excluding carboxylic acids is 1. The zero-order chi connectivity index (χ0) is 15.7. The number of nitrogens with one attached hydrogen (secondary N) is 2. The van der Waals surface area contributed by atoms with Crippen molar-refractivity contribution in [1.82, 2.24) is 15.5 Å². The molecule has 0 atom stereocenters. The second-order valence-corrected chi connectivity index (χ2v) is 6.81. The van der Waals surface area contributed by atoms with Gasteiger partial charge in [-0.1, -0.05) is 0 Å². The van der Waals surface area contributed by atoms with Gasteiger partial charge in [-0.3, -0.25) is 0 Å². The standard InChI is InChI=1S/C16H33N3O2/c1-5-19(15(20)21-16(2,3)4)12-6-9-18-13-14-7-10-17-11-8-14/h14,17-18H,5-13H2,1-4H3. The first kappa shape index (κ1) is 18.2. The Bertz CT molecular complexity index is 296. The van der Waals surface area contributed by atoms with Gasteiger partial charge < -0.3 is 20.3 Å². The molecule has 2 N–H and O–H groups in total. The van der Waals surface area contributed by atoms with Crippen molar-refractivity contribution in [2.45, 2.75) is 52.6 Å². The lowest BCUT2D eigenvalue weighted by Gasteiger charge is -2.27. The van der Waals surface area contributed by atoms with E-state index in [-0.39, 0.29) is 6.09 Å². The van der Waals surface area contributed by atoms with Crippen LogP contribution >= 0.6 is 0 Å². The first-order chi connectivity index (χ1) is 9.92. The molecule has 1 amide bonds. The van der Waals surface area contributed by atoms with Gasteiger partial charge in [-0.25, -0.2) is 4.79 Å². The maximum Gasteiger partial charge on any atom is 0.410 e. The number of amides is 1. The second-order valence-electron chi connectivity index (χ2n) is 6.81. The van der Waals surface area contributed by atoms with Gasteiger partial charge in [-0.05, 0) is 79.1 Å². The minimum Gasteiger partial charge on any atom is -0.444 e. The molecule has 21 heavy (non-hydrogen) atoms. The monoisotopic (exact) mass is 299 g/mol. The summed E-state index contributed by atoms with van der Waals surface area (Å²) in [5, 5.41) is 6.90. The molecule has 0 aromatic rings. The van der Waals surface area contributed by atoms with E-state index in [0.717, 1.165) is 45.1 Å². The minimum atomic E-state index is -0.419. The van der Waals surface area contributed by atoms with Gasteiger partial charge in [0.1, 0.15) is 5.60 Å². The third-order valence-electron chi connectivity index (χ3n) is 3.71. The van der Waals surface area contributed by atoms with Crippen LogP contribution in [0.3, 0.4) is 0 Å². The number of piperidine rings is 1. The van der Waals surface area contributed by atoms with Gasteiger partial charge in [-0.15, -0.1) is 0 Å². The van der Waals surface area contributed by atoms with Crippen molar-refractivity contribution in [3.63, 3.8) is 0 Å². The average molecular weight is 299 g/mol.